The van der Waals surface area contributed by atoms with Crippen LogP contribution in [0.2, 0.25) is 0 Å². The fourth-order valence-corrected chi connectivity index (χ4v) is 8.51. The molecule has 0 aromatic rings. The summed E-state index contributed by atoms with van der Waals surface area (Å²) in [5.74, 6) is 5.99. The van der Waals surface area contributed by atoms with Crippen LogP contribution in [0.4, 0.5) is 0 Å². The second-order valence-corrected chi connectivity index (χ2v) is 10.5. The van der Waals surface area contributed by atoms with Crippen LogP contribution in [0.5, 0.6) is 0 Å². The van der Waals surface area contributed by atoms with Crippen LogP contribution in [0.1, 0.15) is 85.0 Å². The number of hydrogen-bond acceptors (Lipinski definition) is 1. The van der Waals surface area contributed by atoms with Gasteiger partial charge < -0.3 is 4.74 Å². The van der Waals surface area contributed by atoms with Crippen molar-refractivity contribution in [1.29, 1.82) is 0 Å². The first-order valence-corrected chi connectivity index (χ1v) is 11.0. The summed E-state index contributed by atoms with van der Waals surface area (Å²) in [6.45, 7) is 8.82. The molecule has 0 N–H and O–H groups in total. The minimum Gasteiger partial charge on any atom is -0.384 e. The molecule has 1 heteroatoms. The maximum atomic E-state index is 5.49. The zero-order chi connectivity index (χ0) is 16.9. The Hall–Kier alpha value is -0.0400. The van der Waals surface area contributed by atoms with Crippen molar-refractivity contribution >= 4 is 0 Å². The molecule has 0 bridgehead atoms. The second kappa shape index (κ2) is 6.29. The minimum absolute atomic E-state index is 0.652. The number of hydrogen-bond donors (Lipinski definition) is 0. The average Bonchev–Trinajstić information content (AvgIpc) is 2.92. The van der Waals surface area contributed by atoms with Gasteiger partial charge in [0.25, 0.3) is 0 Å². The molecule has 4 aliphatic rings. The molecule has 4 saturated carbocycles. The van der Waals surface area contributed by atoms with Crippen LogP contribution in [0.25, 0.3) is 0 Å². The number of methoxy groups -OCH3 is 1. The highest BCUT2D eigenvalue weighted by Gasteiger charge is 2.59. The molecule has 0 amide bonds. The van der Waals surface area contributed by atoms with E-state index in [9.17, 15) is 0 Å². The van der Waals surface area contributed by atoms with Gasteiger partial charge in [-0.05, 0) is 104 Å². The van der Waals surface area contributed by atoms with E-state index in [2.05, 4.69) is 20.8 Å². The van der Waals surface area contributed by atoms with E-state index in [4.69, 9.17) is 4.74 Å². The molecule has 0 aromatic carbocycles. The Kier molecular flexibility index (Phi) is 4.55. The molecular formula is C23H40O. The minimum atomic E-state index is 0.652. The zero-order valence-electron chi connectivity index (χ0n) is 16.7. The van der Waals surface area contributed by atoms with E-state index in [1.807, 2.05) is 7.11 Å². The lowest BCUT2D eigenvalue weighted by molar-refractivity contribution is -0.121. The van der Waals surface area contributed by atoms with E-state index in [1.54, 1.807) is 12.8 Å². The van der Waals surface area contributed by atoms with Gasteiger partial charge in [0.15, 0.2) is 0 Å². The van der Waals surface area contributed by atoms with E-state index < -0.39 is 0 Å². The topological polar surface area (TPSA) is 9.23 Å². The van der Waals surface area contributed by atoms with Gasteiger partial charge in [-0.1, -0.05) is 27.2 Å². The lowest BCUT2D eigenvalue weighted by Gasteiger charge is -2.61. The molecule has 4 aliphatic carbocycles. The first-order chi connectivity index (χ1) is 11.5. The first-order valence-electron chi connectivity index (χ1n) is 11.0. The van der Waals surface area contributed by atoms with Crippen LogP contribution in [0.15, 0.2) is 0 Å². The monoisotopic (exact) mass is 332 g/mol. The summed E-state index contributed by atoms with van der Waals surface area (Å²) in [5.41, 5.74) is 1.34. The number of ether oxygens (including phenoxy) is 1. The smallest absolute Gasteiger partial charge is 0.0490 e. The van der Waals surface area contributed by atoms with Crippen molar-refractivity contribution in [3.05, 3.63) is 0 Å². The Bertz CT molecular complexity index is 459. The summed E-state index contributed by atoms with van der Waals surface area (Å²) < 4.78 is 5.49. The quantitative estimate of drug-likeness (QED) is 0.587. The summed E-state index contributed by atoms with van der Waals surface area (Å²) >= 11 is 0. The normalized spacial score (nSPS) is 54.0. The van der Waals surface area contributed by atoms with E-state index >= 15 is 0 Å². The van der Waals surface area contributed by atoms with Crippen LogP contribution >= 0.6 is 0 Å². The fourth-order valence-electron chi connectivity index (χ4n) is 8.51. The van der Waals surface area contributed by atoms with Crippen molar-refractivity contribution in [2.45, 2.75) is 85.0 Å². The van der Waals surface area contributed by atoms with E-state index in [-0.39, 0.29) is 0 Å². The van der Waals surface area contributed by atoms with Crippen molar-refractivity contribution in [2.24, 2.45) is 46.3 Å². The Morgan fingerprint density at radius 1 is 0.875 bits per heavy atom. The summed E-state index contributed by atoms with van der Waals surface area (Å²) in [7, 11) is 1.89. The van der Waals surface area contributed by atoms with Gasteiger partial charge in [0.1, 0.15) is 0 Å². The van der Waals surface area contributed by atoms with Gasteiger partial charge in [-0.15, -0.1) is 0 Å². The molecular weight excluding hydrogens is 292 g/mol. The van der Waals surface area contributed by atoms with Crippen molar-refractivity contribution < 1.29 is 4.74 Å². The Morgan fingerprint density at radius 3 is 2.38 bits per heavy atom. The Morgan fingerprint density at radius 2 is 1.62 bits per heavy atom. The van der Waals surface area contributed by atoms with Crippen LogP contribution in [-0.2, 0) is 4.74 Å². The van der Waals surface area contributed by atoms with Gasteiger partial charge >= 0.3 is 0 Å². The fraction of sp³-hybridized carbons (Fsp3) is 1.00. The third-order valence-corrected chi connectivity index (χ3v) is 9.87. The molecule has 0 saturated heterocycles. The van der Waals surface area contributed by atoms with Crippen molar-refractivity contribution in [3.8, 4) is 0 Å². The molecule has 0 aliphatic heterocycles. The van der Waals surface area contributed by atoms with Crippen LogP contribution in [-0.4, -0.2) is 13.7 Å². The largest absolute Gasteiger partial charge is 0.384 e. The molecule has 138 valence electrons. The predicted octanol–water partition coefficient (Wildman–Crippen LogP) is 6.32. The molecule has 0 spiro atoms. The average molecular weight is 333 g/mol. The second-order valence-electron chi connectivity index (χ2n) is 10.5. The Balaban J connectivity index is 1.54. The van der Waals surface area contributed by atoms with Crippen LogP contribution in [0, 0.1) is 46.3 Å². The molecule has 4 fully saturated rings. The number of rotatable bonds is 3. The maximum Gasteiger partial charge on any atom is 0.0490 e. The van der Waals surface area contributed by atoms with Gasteiger partial charge in [-0.3, -0.25) is 0 Å². The standard InChI is InChI=1S/C23H40O/c1-5-17-7-9-20-19-8-6-18-14-16(15-24-4)10-12-23(18,3)21(19)11-13-22(17,20)2/h16-21H,5-15H2,1-4H3/t16?,17-,18-,19-,20-,21-,22+,23-/m0/s1. The highest BCUT2D eigenvalue weighted by molar-refractivity contribution is 5.08. The molecule has 4 rings (SSSR count). The predicted molar refractivity (Wildman–Crippen MR) is 101 cm³/mol. The van der Waals surface area contributed by atoms with E-state index in [0.29, 0.717) is 10.8 Å². The van der Waals surface area contributed by atoms with Crippen LogP contribution < -0.4 is 0 Å². The lowest BCUT2D eigenvalue weighted by atomic mass is 9.44. The molecule has 24 heavy (non-hydrogen) atoms. The Labute approximate surface area is 150 Å². The van der Waals surface area contributed by atoms with Gasteiger partial charge in [0.05, 0.1) is 0 Å². The maximum absolute atomic E-state index is 5.49. The third-order valence-electron chi connectivity index (χ3n) is 9.87. The van der Waals surface area contributed by atoms with Crippen LogP contribution in [0.3, 0.4) is 0 Å². The van der Waals surface area contributed by atoms with Crippen molar-refractivity contribution in [2.75, 3.05) is 13.7 Å². The van der Waals surface area contributed by atoms with Gasteiger partial charge in [-0.25, -0.2) is 0 Å². The summed E-state index contributed by atoms with van der Waals surface area (Å²) in [5, 5.41) is 0. The van der Waals surface area contributed by atoms with Crippen molar-refractivity contribution in [3.63, 3.8) is 0 Å². The van der Waals surface area contributed by atoms with E-state index in [0.717, 1.165) is 42.1 Å². The van der Waals surface area contributed by atoms with Gasteiger partial charge in [-0.2, -0.15) is 0 Å². The number of fused-ring (bicyclic) bond motifs is 5. The molecule has 1 nitrogen and oxygen atoms in total. The van der Waals surface area contributed by atoms with Gasteiger partial charge in [0, 0.05) is 13.7 Å². The molecule has 0 radical (unpaired) electrons. The molecule has 0 heterocycles. The SMILES string of the molecule is CC[C@H]1CC[C@H]2[C@@H]3CC[C@H]4CC(COC)CC[C@]4(C)[C@H]3CC[C@]12C. The zero-order valence-corrected chi connectivity index (χ0v) is 16.7. The van der Waals surface area contributed by atoms with E-state index in [1.165, 1.54) is 51.4 Å². The van der Waals surface area contributed by atoms with Gasteiger partial charge in [0.2, 0.25) is 0 Å². The molecule has 0 aromatic heterocycles. The first kappa shape index (κ1) is 17.4. The molecule has 8 atom stereocenters. The third kappa shape index (κ3) is 2.43. The highest BCUT2D eigenvalue weighted by Crippen LogP contribution is 2.68. The summed E-state index contributed by atoms with van der Waals surface area (Å²) in [6.07, 6.45) is 15.0. The summed E-state index contributed by atoms with van der Waals surface area (Å²) in [6, 6.07) is 0. The lowest BCUT2D eigenvalue weighted by Crippen LogP contribution is -2.53. The highest BCUT2D eigenvalue weighted by atomic mass is 16.5. The molecule has 1 unspecified atom stereocenters. The summed E-state index contributed by atoms with van der Waals surface area (Å²) in [4.78, 5) is 0. The van der Waals surface area contributed by atoms with Crippen molar-refractivity contribution in [1.82, 2.24) is 0 Å².